The maximum Gasteiger partial charge on any atom is 0.235 e. The van der Waals surface area contributed by atoms with Gasteiger partial charge in [-0.25, -0.2) is 16.8 Å². The van der Waals surface area contributed by atoms with Gasteiger partial charge in [-0.1, -0.05) is 60.7 Å². The summed E-state index contributed by atoms with van der Waals surface area (Å²) in [5, 5.41) is 17.9. The third-order valence-corrected chi connectivity index (χ3v) is 11.9. The molecule has 0 saturated heterocycles. The van der Waals surface area contributed by atoms with Crippen LogP contribution in [0.1, 0.15) is 36.1 Å². The van der Waals surface area contributed by atoms with Gasteiger partial charge in [0.1, 0.15) is 0 Å². The Kier molecular flexibility index (Phi) is 12.9. The number of nitrogens with zero attached hydrogens (tertiary/aromatic N) is 6. The van der Waals surface area contributed by atoms with Gasteiger partial charge < -0.3 is 0 Å². The van der Waals surface area contributed by atoms with E-state index in [9.17, 15) is 16.8 Å². The molecule has 2 heterocycles. The number of sulfonamides is 2. The van der Waals surface area contributed by atoms with E-state index in [1.807, 2.05) is 72.8 Å². The highest BCUT2D eigenvalue weighted by Crippen LogP contribution is 2.29. The lowest BCUT2D eigenvalue weighted by Gasteiger charge is -2.24. The van der Waals surface area contributed by atoms with Crippen LogP contribution < -0.4 is 8.61 Å². The first kappa shape index (κ1) is 38.9. The Balaban J connectivity index is 0.000000208. The average Bonchev–Trinajstić information content (AvgIpc) is 3.23. The summed E-state index contributed by atoms with van der Waals surface area (Å²) >= 11 is 0. The normalized spacial score (nSPS) is 11.0. The standard InChI is InChI=1S/2C21H19N3O2S/c2*1-2-27(25,26)24(16-18-5-4-12-23-15-18)21-7-3-6-20(13-21)19-10-8-17(14-22)9-11-19/h2*3-13,15H,2,16H2,1H3. The van der Waals surface area contributed by atoms with Crippen molar-refractivity contribution >= 4 is 31.4 Å². The Bertz CT molecular complexity index is 2290. The van der Waals surface area contributed by atoms with Crippen LogP contribution in [0.3, 0.4) is 0 Å². The molecule has 4 aromatic carbocycles. The van der Waals surface area contributed by atoms with E-state index in [0.717, 1.165) is 33.4 Å². The van der Waals surface area contributed by atoms with Crippen LogP contribution in [-0.4, -0.2) is 38.3 Å². The van der Waals surface area contributed by atoms with Crippen LogP contribution in [0.4, 0.5) is 11.4 Å². The highest BCUT2D eigenvalue weighted by atomic mass is 32.2. The quantitative estimate of drug-likeness (QED) is 0.122. The first-order valence-corrected chi connectivity index (χ1v) is 20.3. The molecule has 0 N–H and O–H groups in total. The number of aromatic nitrogens is 2. The molecule has 54 heavy (non-hydrogen) atoms. The van der Waals surface area contributed by atoms with Crippen molar-refractivity contribution < 1.29 is 16.8 Å². The van der Waals surface area contributed by atoms with E-state index in [2.05, 4.69) is 22.1 Å². The summed E-state index contributed by atoms with van der Waals surface area (Å²) in [6.45, 7) is 3.72. The fourth-order valence-electron chi connectivity index (χ4n) is 5.48. The Morgan fingerprint density at radius 2 is 0.907 bits per heavy atom. The van der Waals surface area contributed by atoms with Gasteiger partial charge in [-0.15, -0.1) is 0 Å². The second-order valence-corrected chi connectivity index (χ2v) is 16.4. The molecule has 0 saturated carbocycles. The molecule has 0 spiro atoms. The average molecular weight is 755 g/mol. The van der Waals surface area contributed by atoms with Crippen molar-refractivity contribution in [3.8, 4) is 34.4 Å². The lowest BCUT2D eigenvalue weighted by atomic mass is 10.0. The first-order valence-electron chi connectivity index (χ1n) is 17.1. The van der Waals surface area contributed by atoms with Crippen molar-refractivity contribution in [2.24, 2.45) is 0 Å². The van der Waals surface area contributed by atoms with Crippen LogP contribution in [0.25, 0.3) is 22.3 Å². The topological polar surface area (TPSA) is 148 Å². The molecule has 0 unspecified atom stereocenters. The Labute approximate surface area is 317 Å². The first-order chi connectivity index (χ1) is 26.1. The number of rotatable bonds is 12. The number of benzene rings is 4. The van der Waals surface area contributed by atoms with Gasteiger partial charge in [0.2, 0.25) is 20.0 Å². The van der Waals surface area contributed by atoms with Crippen LogP contribution in [-0.2, 0) is 33.1 Å². The number of hydrogen-bond donors (Lipinski definition) is 0. The van der Waals surface area contributed by atoms with Crippen LogP contribution in [0, 0.1) is 22.7 Å². The van der Waals surface area contributed by atoms with E-state index >= 15 is 0 Å². The predicted octanol–water partition coefficient (Wildman–Crippen LogP) is 7.95. The fraction of sp³-hybridized carbons (Fsp3) is 0.143. The van der Waals surface area contributed by atoms with Crippen LogP contribution >= 0.6 is 0 Å². The van der Waals surface area contributed by atoms with Gasteiger partial charge in [-0.2, -0.15) is 10.5 Å². The summed E-state index contributed by atoms with van der Waals surface area (Å²) in [7, 11) is -6.92. The monoisotopic (exact) mass is 754 g/mol. The molecule has 0 aliphatic rings. The summed E-state index contributed by atoms with van der Waals surface area (Å²) in [4.78, 5) is 8.15. The van der Waals surface area contributed by atoms with Gasteiger partial charge in [0, 0.05) is 24.8 Å². The molecular weight excluding hydrogens is 717 g/mol. The molecule has 6 rings (SSSR count). The minimum Gasteiger partial charge on any atom is -0.266 e. The van der Waals surface area contributed by atoms with Gasteiger partial charge >= 0.3 is 0 Å². The smallest absolute Gasteiger partial charge is 0.235 e. The highest BCUT2D eigenvalue weighted by Gasteiger charge is 2.23. The number of nitriles is 2. The van der Waals surface area contributed by atoms with Crippen LogP contribution in [0.5, 0.6) is 0 Å². The molecule has 12 heteroatoms. The number of anilines is 2. The van der Waals surface area contributed by atoms with Crippen molar-refractivity contribution in [2.45, 2.75) is 26.9 Å². The molecule has 0 fully saturated rings. The van der Waals surface area contributed by atoms with E-state index in [1.54, 1.807) is 87.2 Å². The molecule has 2 aromatic heterocycles. The molecule has 0 aliphatic carbocycles. The third-order valence-electron chi connectivity index (χ3n) is 8.46. The van der Waals surface area contributed by atoms with Gasteiger partial charge in [0.15, 0.2) is 0 Å². The van der Waals surface area contributed by atoms with Crippen LogP contribution in [0.2, 0.25) is 0 Å². The minimum absolute atomic E-state index is 0.00829. The van der Waals surface area contributed by atoms with E-state index < -0.39 is 20.0 Å². The second-order valence-electron chi connectivity index (χ2n) is 12.0. The lowest BCUT2D eigenvalue weighted by Crippen LogP contribution is -2.31. The zero-order valence-electron chi connectivity index (χ0n) is 29.8. The fourth-order valence-corrected chi connectivity index (χ4v) is 7.67. The number of pyridine rings is 2. The van der Waals surface area contributed by atoms with Crippen LogP contribution in [0.15, 0.2) is 146 Å². The zero-order valence-corrected chi connectivity index (χ0v) is 31.5. The summed E-state index contributed by atoms with van der Waals surface area (Å²) in [5.41, 5.74) is 7.63. The van der Waals surface area contributed by atoms with E-state index in [0.29, 0.717) is 22.5 Å². The lowest BCUT2D eigenvalue weighted by molar-refractivity contribution is 0.590. The summed E-state index contributed by atoms with van der Waals surface area (Å²) in [6.07, 6.45) is 6.66. The summed E-state index contributed by atoms with van der Waals surface area (Å²) < 4.78 is 53.6. The van der Waals surface area contributed by atoms with Crippen molar-refractivity contribution in [3.05, 3.63) is 168 Å². The Hall–Kier alpha value is -6.34. The van der Waals surface area contributed by atoms with Gasteiger partial charge in [-0.05, 0) is 108 Å². The van der Waals surface area contributed by atoms with Gasteiger partial charge in [-0.3, -0.25) is 18.6 Å². The SMILES string of the molecule is CCS(=O)(=O)N(Cc1cccnc1)c1cccc(-c2ccc(C#N)cc2)c1.CCS(=O)(=O)N(Cc1cccnc1)c1cccc(-c2ccc(C#N)cc2)c1. The summed E-state index contributed by atoms with van der Waals surface area (Å²) in [5.74, 6) is 0.0166. The summed E-state index contributed by atoms with van der Waals surface area (Å²) in [6, 6.07) is 40.7. The molecule has 0 amide bonds. The van der Waals surface area contributed by atoms with Crippen molar-refractivity contribution in [1.29, 1.82) is 10.5 Å². The third kappa shape index (κ3) is 9.95. The Morgan fingerprint density at radius 3 is 1.22 bits per heavy atom. The molecule has 0 bridgehead atoms. The second kappa shape index (κ2) is 17.9. The van der Waals surface area contributed by atoms with E-state index in [4.69, 9.17) is 10.5 Å². The molecule has 272 valence electrons. The molecule has 0 aliphatic heterocycles. The molecule has 0 atom stereocenters. The highest BCUT2D eigenvalue weighted by molar-refractivity contribution is 7.93. The van der Waals surface area contributed by atoms with Crippen molar-refractivity contribution in [3.63, 3.8) is 0 Å². The van der Waals surface area contributed by atoms with Gasteiger partial charge in [0.05, 0.1) is 59.2 Å². The zero-order chi connectivity index (χ0) is 38.6. The molecular formula is C42H38N6O4S2. The Morgan fingerprint density at radius 1 is 0.519 bits per heavy atom. The van der Waals surface area contributed by atoms with E-state index in [-0.39, 0.29) is 24.6 Å². The molecule has 6 aromatic rings. The maximum atomic E-state index is 12.7. The predicted molar refractivity (Wildman–Crippen MR) is 213 cm³/mol. The van der Waals surface area contributed by atoms with Crippen molar-refractivity contribution in [1.82, 2.24) is 9.97 Å². The minimum atomic E-state index is -3.46. The van der Waals surface area contributed by atoms with E-state index in [1.165, 1.54) is 8.61 Å². The number of hydrogen-bond acceptors (Lipinski definition) is 8. The molecule has 10 nitrogen and oxygen atoms in total. The molecule has 0 radical (unpaired) electrons. The van der Waals surface area contributed by atoms with Crippen molar-refractivity contribution in [2.75, 3.05) is 20.1 Å². The largest absolute Gasteiger partial charge is 0.266 e. The van der Waals surface area contributed by atoms with Gasteiger partial charge in [0.25, 0.3) is 0 Å². The maximum absolute atomic E-state index is 12.7.